The van der Waals surface area contributed by atoms with Crippen LogP contribution >= 0.6 is 11.6 Å². The van der Waals surface area contributed by atoms with Crippen LogP contribution in [0.25, 0.3) is 22.3 Å². The number of benzene rings is 1. The van der Waals surface area contributed by atoms with Crippen LogP contribution in [0.3, 0.4) is 0 Å². The molecule has 1 aliphatic heterocycles. The average Bonchev–Trinajstić information content (AvgIpc) is 2.82. The van der Waals surface area contributed by atoms with Crippen molar-refractivity contribution in [2.45, 2.75) is 46.5 Å². The summed E-state index contributed by atoms with van der Waals surface area (Å²) in [5.74, 6) is 0. The molecule has 0 unspecified atom stereocenters. The Hall–Kier alpha value is -2.59. The van der Waals surface area contributed by atoms with Gasteiger partial charge < -0.3 is 9.80 Å². The van der Waals surface area contributed by atoms with Gasteiger partial charge in [0.25, 0.3) is 0 Å². The third kappa shape index (κ3) is 5.60. The molecular weight excluding hydrogens is 416 g/mol. The summed E-state index contributed by atoms with van der Waals surface area (Å²) in [6.45, 7) is 18.8. The van der Waals surface area contributed by atoms with Gasteiger partial charge in [-0.3, -0.25) is 4.99 Å². The van der Waals surface area contributed by atoms with E-state index >= 15 is 0 Å². The highest BCUT2D eigenvalue weighted by molar-refractivity contribution is 6.35. The number of allylic oxidation sites excluding steroid dienone is 2. The number of rotatable bonds is 9. The Kier molecular flexibility index (Phi) is 8.52. The number of aromatic nitrogens is 1. The molecule has 3 rings (SSSR count). The molecule has 1 aliphatic rings. The van der Waals surface area contributed by atoms with Gasteiger partial charge in [0.2, 0.25) is 0 Å². The van der Waals surface area contributed by atoms with Gasteiger partial charge in [-0.05, 0) is 43.9 Å². The smallest absolute Gasteiger partial charge is 0.0905 e. The SMILES string of the molecule is C=C(CCCC)N1CCN(C(=C)c2ccc3c(Cl)cc(/C(=C/C)N=CCC)nc3c2)CC1. The van der Waals surface area contributed by atoms with Crippen molar-refractivity contribution < 1.29 is 0 Å². The molecule has 1 fully saturated rings. The lowest BCUT2D eigenvalue weighted by Crippen LogP contribution is -2.44. The van der Waals surface area contributed by atoms with Gasteiger partial charge in [-0.1, -0.05) is 63.2 Å². The number of nitrogens with zero attached hydrogens (tertiary/aromatic N) is 4. The van der Waals surface area contributed by atoms with E-state index in [1.54, 1.807) is 0 Å². The van der Waals surface area contributed by atoms with Crippen molar-refractivity contribution in [1.29, 1.82) is 0 Å². The number of halogens is 1. The minimum atomic E-state index is 0.687. The van der Waals surface area contributed by atoms with E-state index < -0.39 is 0 Å². The molecule has 4 nitrogen and oxygen atoms in total. The van der Waals surface area contributed by atoms with E-state index in [0.29, 0.717) is 5.02 Å². The van der Waals surface area contributed by atoms with E-state index in [0.717, 1.165) is 72.6 Å². The van der Waals surface area contributed by atoms with Crippen LogP contribution in [0.2, 0.25) is 5.02 Å². The Bertz CT molecular complexity index is 1030. The first-order chi connectivity index (χ1) is 15.5. The first kappa shape index (κ1) is 24.1. The molecule has 170 valence electrons. The second kappa shape index (κ2) is 11.3. The van der Waals surface area contributed by atoms with E-state index in [4.69, 9.17) is 16.6 Å². The molecule has 0 N–H and O–H groups in total. The van der Waals surface area contributed by atoms with E-state index in [1.165, 1.54) is 18.5 Å². The van der Waals surface area contributed by atoms with Crippen molar-refractivity contribution >= 4 is 40.1 Å². The maximum Gasteiger partial charge on any atom is 0.0905 e. The highest BCUT2D eigenvalue weighted by Crippen LogP contribution is 2.30. The van der Waals surface area contributed by atoms with Crippen LogP contribution in [0.4, 0.5) is 0 Å². The molecule has 1 aromatic heterocycles. The van der Waals surface area contributed by atoms with E-state index in [9.17, 15) is 0 Å². The van der Waals surface area contributed by atoms with Gasteiger partial charge in [0, 0.05) is 49.2 Å². The maximum absolute atomic E-state index is 6.59. The summed E-state index contributed by atoms with van der Waals surface area (Å²) in [7, 11) is 0. The van der Waals surface area contributed by atoms with Crippen LogP contribution in [0, 0.1) is 0 Å². The number of aliphatic imine (C=N–C) groups is 1. The van der Waals surface area contributed by atoms with Gasteiger partial charge in [-0.25, -0.2) is 4.98 Å². The predicted octanol–water partition coefficient (Wildman–Crippen LogP) is 7.02. The fourth-order valence-corrected chi connectivity index (χ4v) is 4.25. The summed E-state index contributed by atoms with van der Waals surface area (Å²) in [5.41, 5.74) is 5.86. The molecule has 2 heterocycles. The standard InChI is InChI=1S/C27H35ClN4/c1-6-9-10-20(4)31-14-16-32(17-15-31)21(5)22-11-12-23-24(28)19-27(30-26(23)18-22)25(8-3)29-13-7-2/h8,11-13,18-19H,4-7,9-10,14-17H2,1-3H3/b25-8-,29-13?. The van der Waals surface area contributed by atoms with Crippen LogP contribution < -0.4 is 0 Å². The topological polar surface area (TPSA) is 31.7 Å². The van der Waals surface area contributed by atoms with Crippen molar-refractivity contribution in [3.63, 3.8) is 0 Å². The number of piperazine rings is 1. The summed E-state index contributed by atoms with van der Waals surface area (Å²) in [6.07, 6.45) is 8.24. The fraction of sp³-hybridized carbons (Fsp3) is 0.407. The number of fused-ring (bicyclic) bond motifs is 1. The largest absolute Gasteiger partial charge is 0.372 e. The quantitative estimate of drug-likeness (QED) is 0.384. The number of pyridine rings is 1. The van der Waals surface area contributed by atoms with E-state index in [-0.39, 0.29) is 0 Å². The molecule has 0 amide bonds. The first-order valence-corrected chi connectivity index (χ1v) is 12.0. The highest BCUT2D eigenvalue weighted by Gasteiger charge is 2.20. The van der Waals surface area contributed by atoms with Gasteiger partial charge in [-0.2, -0.15) is 0 Å². The summed E-state index contributed by atoms with van der Waals surface area (Å²) >= 11 is 6.59. The lowest BCUT2D eigenvalue weighted by molar-refractivity contribution is 0.209. The zero-order valence-electron chi connectivity index (χ0n) is 19.7. The lowest BCUT2D eigenvalue weighted by Gasteiger charge is -2.39. The van der Waals surface area contributed by atoms with Gasteiger partial charge in [0.15, 0.2) is 0 Å². The summed E-state index contributed by atoms with van der Waals surface area (Å²) in [6, 6.07) is 8.13. The number of hydrogen-bond acceptors (Lipinski definition) is 4. The third-order valence-electron chi connectivity index (χ3n) is 5.97. The normalized spacial score (nSPS) is 15.1. The van der Waals surface area contributed by atoms with Crippen molar-refractivity contribution in [3.8, 4) is 0 Å². The van der Waals surface area contributed by atoms with Crippen molar-refractivity contribution in [3.05, 3.63) is 65.5 Å². The molecule has 2 aromatic rings. The van der Waals surface area contributed by atoms with Crippen molar-refractivity contribution in [1.82, 2.24) is 14.8 Å². The first-order valence-electron chi connectivity index (χ1n) is 11.6. The highest BCUT2D eigenvalue weighted by atomic mass is 35.5. The average molecular weight is 451 g/mol. The minimum absolute atomic E-state index is 0.687. The minimum Gasteiger partial charge on any atom is -0.372 e. The summed E-state index contributed by atoms with van der Waals surface area (Å²) in [5, 5.41) is 1.63. The summed E-state index contributed by atoms with van der Waals surface area (Å²) in [4.78, 5) is 14.2. The lowest BCUT2D eigenvalue weighted by atomic mass is 10.1. The molecule has 1 aromatic carbocycles. The van der Waals surface area contributed by atoms with Gasteiger partial charge in [-0.15, -0.1) is 0 Å². The molecule has 0 spiro atoms. The molecule has 1 saturated heterocycles. The van der Waals surface area contributed by atoms with Crippen molar-refractivity contribution in [2.24, 2.45) is 4.99 Å². The zero-order valence-corrected chi connectivity index (χ0v) is 20.5. The Morgan fingerprint density at radius 2 is 1.84 bits per heavy atom. The number of unbranched alkanes of at least 4 members (excludes halogenated alkanes) is 1. The van der Waals surface area contributed by atoms with Crippen LogP contribution in [-0.2, 0) is 0 Å². The van der Waals surface area contributed by atoms with Crippen LogP contribution in [-0.4, -0.2) is 47.2 Å². The summed E-state index contributed by atoms with van der Waals surface area (Å²) < 4.78 is 0. The Morgan fingerprint density at radius 1 is 1.12 bits per heavy atom. The Morgan fingerprint density at radius 3 is 2.50 bits per heavy atom. The van der Waals surface area contributed by atoms with Crippen LogP contribution in [0.15, 0.2) is 54.2 Å². The van der Waals surface area contributed by atoms with Gasteiger partial charge in [0.1, 0.15) is 0 Å². The second-order valence-corrected chi connectivity index (χ2v) is 8.61. The molecule has 0 aliphatic carbocycles. The predicted molar refractivity (Wildman–Crippen MR) is 140 cm³/mol. The van der Waals surface area contributed by atoms with E-state index in [2.05, 4.69) is 53.9 Å². The molecule has 32 heavy (non-hydrogen) atoms. The monoisotopic (exact) mass is 450 g/mol. The van der Waals surface area contributed by atoms with Crippen LogP contribution in [0.1, 0.15) is 57.7 Å². The molecule has 5 heteroatoms. The molecule has 0 atom stereocenters. The molecule has 0 radical (unpaired) electrons. The number of hydrogen-bond donors (Lipinski definition) is 0. The maximum atomic E-state index is 6.59. The second-order valence-electron chi connectivity index (χ2n) is 8.21. The Labute approximate surface area is 198 Å². The zero-order chi connectivity index (χ0) is 23.1. The van der Waals surface area contributed by atoms with E-state index in [1.807, 2.05) is 31.3 Å². The Balaban J connectivity index is 1.78. The molecule has 0 bridgehead atoms. The van der Waals surface area contributed by atoms with Crippen LogP contribution in [0.5, 0.6) is 0 Å². The molecule has 0 saturated carbocycles. The molecular formula is C27H35ClN4. The van der Waals surface area contributed by atoms with Gasteiger partial charge in [0.05, 0.1) is 21.9 Å². The van der Waals surface area contributed by atoms with Crippen molar-refractivity contribution in [2.75, 3.05) is 26.2 Å². The van der Waals surface area contributed by atoms with Gasteiger partial charge >= 0.3 is 0 Å². The third-order valence-corrected chi connectivity index (χ3v) is 6.28. The fourth-order valence-electron chi connectivity index (χ4n) is 3.99.